The molecule has 0 aliphatic carbocycles. The van der Waals surface area contributed by atoms with Crippen molar-refractivity contribution < 1.29 is 14.3 Å². The number of hydrogen-bond donors (Lipinski definition) is 2. The highest BCUT2D eigenvalue weighted by Crippen LogP contribution is 2.32. The lowest BCUT2D eigenvalue weighted by Gasteiger charge is -2.41. The molecule has 132 valence electrons. The van der Waals surface area contributed by atoms with Crippen LogP contribution in [0, 0.1) is 11.7 Å². The molecule has 2 fully saturated rings. The van der Waals surface area contributed by atoms with Crippen LogP contribution < -0.4 is 5.32 Å². The summed E-state index contributed by atoms with van der Waals surface area (Å²) in [4.78, 5) is 14.8. The van der Waals surface area contributed by atoms with E-state index in [1.165, 1.54) is 12.1 Å². The summed E-state index contributed by atoms with van der Waals surface area (Å²) >= 11 is 0. The number of aliphatic hydroxyl groups is 1. The van der Waals surface area contributed by atoms with Gasteiger partial charge in [0.05, 0.1) is 11.6 Å². The monoisotopic (exact) mass is 334 g/mol. The largest absolute Gasteiger partial charge is 0.388 e. The van der Waals surface area contributed by atoms with E-state index in [9.17, 15) is 14.3 Å². The van der Waals surface area contributed by atoms with Crippen molar-refractivity contribution in [3.05, 3.63) is 35.6 Å². The molecule has 2 aliphatic rings. The van der Waals surface area contributed by atoms with Gasteiger partial charge in [0.1, 0.15) is 5.82 Å². The minimum atomic E-state index is -0.591. The van der Waals surface area contributed by atoms with Gasteiger partial charge in [-0.25, -0.2) is 4.39 Å². The molecular weight excluding hydrogens is 307 g/mol. The van der Waals surface area contributed by atoms with Crippen molar-refractivity contribution >= 4 is 5.91 Å². The molecule has 0 saturated carbocycles. The highest BCUT2D eigenvalue weighted by atomic mass is 19.1. The molecule has 5 heteroatoms. The van der Waals surface area contributed by atoms with Crippen LogP contribution in [0.1, 0.15) is 50.7 Å². The van der Waals surface area contributed by atoms with E-state index in [4.69, 9.17) is 0 Å². The first-order valence-electron chi connectivity index (χ1n) is 8.97. The lowest BCUT2D eigenvalue weighted by Crippen LogP contribution is -2.59. The van der Waals surface area contributed by atoms with Crippen LogP contribution in [0.3, 0.4) is 0 Å². The van der Waals surface area contributed by atoms with Crippen molar-refractivity contribution in [2.24, 2.45) is 5.92 Å². The summed E-state index contributed by atoms with van der Waals surface area (Å²) in [5.74, 6) is 0.0168. The molecule has 1 amide bonds. The zero-order chi connectivity index (χ0) is 17.2. The summed E-state index contributed by atoms with van der Waals surface area (Å²) in [7, 11) is 0. The summed E-state index contributed by atoms with van der Waals surface area (Å²) in [5, 5.41) is 13.9. The Morgan fingerprint density at radius 2 is 1.96 bits per heavy atom. The van der Waals surface area contributed by atoms with E-state index in [0.717, 1.165) is 44.2 Å². The maximum absolute atomic E-state index is 13.0. The number of nitrogens with one attached hydrogen (secondary N) is 1. The van der Waals surface area contributed by atoms with Crippen LogP contribution in [0.4, 0.5) is 4.39 Å². The van der Waals surface area contributed by atoms with E-state index < -0.39 is 11.6 Å². The first-order chi connectivity index (χ1) is 11.5. The Bertz CT molecular complexity index is 561. The Labute approximate surface area is 143 Å². The van der Waals surface area contributed by atoms with Gasteiger partial charge in [-0.2, -0.15) is 0 Å². The van der Waals surface area contributed by atoms with Crippen LogP contribution in [0.15, 0.2) is 24.3 Å². The standard InChI is InChI=1S/C19H27FN2O2/c1-19(10-2-3-11-21-19)18(24)22-12-8-15(9-13-22)17(23)14-4-6-16(20)7-5-14/h4-7,15,17,21,23H,2-3,8-13H2,1H3. The molecule has 2 saturated heterocycles. The van der Waals surface area contributed by atoms with Gasteiger partial charge in [-0.05, 0) is 69.2 Å². The number of benzene rings is 1. The zero-order valence-electron chi connectivity index (χ0n) is 14.3. The van der Waals surface area contributed by atoms with Crippen LogP contribution in [0.25, 0.3) is 0 Å². The molecule has 2 heterocycles. The molecule has 2 N–H and O–H groups in total. The number of likely N-dealkylation sites (tertiary alicyclic amines) is 1. The maximum Gasteiger partial charge on any atom is 0.242 e. The Balaban J connectivity index is 1.57. The van der Waals surface area contributed by atoms with Gasteiger partial charge in [0.2, 0.25) is 5.91 Å². The molecule has 4 nitrogen and oxygen atoms in total. The van der Waals surface area contributed by atoms with Gasteiger partial charge in [0.25, 0.3) is 0 Å². The fraction of sp³-hybridized carbons (Fsp3) is 0.632. The summed E-state index contributed by atoms with van der Waals surface area (Å²) in [6.45, 7) is 4.27. The number of aliphatic hydroxyl groups excluding tert-OH is 1. The van der Waals surface area contributed by atoms with Crippen molar-refractivity contribution in [2.75, 3.05) is 19.6 Å². The topological polar surface area (TPSA) is 52.6 Å². The first kappa shape index (κ1) is 17.4. The number of halogens is 1. The number of carbonyl (C=O) groups excluding carboxylic acids is 1. The fourth-order valence-electron chi connectivity index (χ4n) is 3.94. The van der Waals surface area contributed by atoms with Gasteiger partial charge in [-0.15, -0.1) is 0 Å². The smallest absolute Gasteiger partial charge is 0.242 e. The van der Waals surface area contributed by atoms with Crippen molar-refractivity contribution in [1.29, 1.82) is 0 Å². The second-order valence-electron chi connectivity index (χ2n) is 7.34. The third kappa shape index (κ3) is 3.62. The quantitative estimate of drug-likeness (QED) is 0.893. The molecule has 1 aromatic rings. The molecule has 0 radical (unpaired) electrons. The molecular formula is C19H27FN2O2. The van der Waals surface area contributed by atoms with Gasteiger partial charge in [-0.3, -0.25) is 4.79 Å². The predicted octanol–water partition coefficient (Wildman–Crippen LogP) is 2.63. The van der Waals surface area contributed by atoms with Crippen LogP contribution in [0.2, 0.25) is 0 Å². The summed E-state index contributed by atoms with van der Waals surface area (Å²) in [5.41, 5.74) is 0.322. The van der Waals surface area contributed by atoms with Gasteiger partial charge in [0, 0.05) is 13.1 Å². The third-order valence-corrected chi connectivity index (χ3v) is 5.58. The minimum absolute atomic E-state index is 0.117. The molecule has 2 atom stereocenters. The molecule has 2 unspecified atom stereocenters. The third-order valence-electron chi connectivity index (χ3n) is 5.58. The summed E-state index contributed by atoms with van der Waals surface area (Å²) in [6, 6.07) is 6.05. The lowest BCUT2D eigenvalue weighted by atomic mass is 9.85. The van der Waals surface area contributed by atoms with Gasteiger partial charge in [-0.1, -0.05) is 12.1 Å². The van der Waals surface area contributed by atoms with Gasteiger partial charge in [0.15, 0.2) is 0 Å². The van der Waals surface area contributed by atoms with E-state index >= 15 is 0 Å². The number of nitrogens with zero attached hydrogens (tertiary/aromatic N) is 1. The Morgan fingerprint density at radius 3 is 2.54 bits per heavy atom. The zero-order valence-corrected chi connectivity index (χ0v) is 14.3. The number of rotatable bonds is 3. The molecule has 24 heavy (non-hydrogen) atoms. The summed E-state index contributed by atoms with van der Waals surface area (Å²) in [6.07, 6.45) is 4.08. The number of carbonyl (C=O) groups is 1. The van der Waals surface area contributed by atoms with Gasteiger partial charge < -0.3 is 15.3 Å². The Morgan fingerprint density at radius 1 is 1.29 bits per heavy atom. The molecule has 1 aromatic carbocycles. The second-order valence-corrected chi connectivity index (χ2v) is 7.34. The predicted molar refractivity (Wildman–Crippen MR) is 90.9 cm³/mol. The number of piperidine rings is 2. The fourth-order valence-corrected chi connectivity index (χ4v) is 3.94. The lowest BCUT2D eigenvalue weighted by molar-refractivity contribution is -0.140. The maximum atomic E-state index is 13.0. The van der Waals surface area contributed by atoms with Crippen molar-refractivity contribution in [3.8, 4) is 0 Å². The molecule has 2 aliphatic heterocycles. The molecule has 0 aromatic heterocycles. The Kier molecular flexibility index (Phi) is 5.21. The molecule has 0 bridgehead atoms. The number of hydrogen-bond acceptors (Lipinski definition) is 3. The van der Waals surface area contributed by atoms with E-state index in [1.54, 1.807) is 12.1 Å². The number of amides is 1. The molecule has 0 spiro atoms. The average molecular weight is 334 g/mol. The van der Waals surface area contributed by atoms with E-state index in [-0.39, 0.29) is 17.6 Å². The second kappa shape index (κ2) is 7.19. The molecule has 3 rings (SSSR count). The summed E-state index contributed by atoms with van der Waals surface area (Å²) < 4.78 is 13.0. The SMILES string of the molecule is CC1(C(=O)N2CCC(C(O)c3ccc(F)cc3)CC2)CCCCN1. The van der Waals surface area contributed by atoms with E-state index in [1.807, 2.05) is 11.8 Å². The van der Waals surface area contributed by atoms with Crippen LogP contribution in [-0.4, -0.2) is 41.1 Å². The van der Waals surface area contributed by atoms with Gasteiger partial charge >= 0.3 is 0 Å². The Hall–Kier alpha value is -1.46. The van der Waals surface area contributed by atoms with Crippen molar-refractivity contribution in [2.45, 2.75) is 50.7 Å². The van der Waals surface area contributed by atoms with E-state index in [2.05, 4.69) is 5.32 Å². The normalized spacial score (nSPS) is 27.0. The minimum Gasteiger partial charge on any atom is -0.388 e. The van der Waals surface area contributed by atoms with Crippen LogP contribution in [0.5, 0.6) is 0 Å². The van der Waals surface area contributed by atoms with Crippen LogP contribution in [-0.2, 0) is 4.79 Å². The highest BCUT2D eigenvalue weighted by molar-refractivity contribution is 5.86. The highest BCUT2D eigenvalue weighted by Gasteiger charge is 2.39. The van der Waals surface area contributed by atoms with Crippen LogP contribution >= 0.6 is 0 Å². The van der Waals surface area contributed by atoms with E-state index in [0.29, 0.717) is 13.1 Å². The van der Waals surface area contributed by atoms with Crippen molar-refractivity contribution in [3.63, 3.8) is 0 Å². The first-order valence-corrected chi connectivity index (χ1v) is 8.97. The average Bonchev–Trinajstić information content (AvgIpc) is 2.62. The van der Waals surface area contributed by atoms with Crippen molar-refractivity contribution in [1.82, 2.24) is 10.2 Å².